The van der Waals surface area contributed by atoms with Gasteiger partial charge < -0.3 is 0 Å². The molecule has 116 valence electrons. The largest absolute Gasteiger partial charge is 0.284 e. The number of hydrogen-bond donors (Lipinski definition) is 0. The molecule has 1 aromatic heterocycles. The van der Waals surface area contributed by atoms with Gasteiger partial charge in [0.1, 0.15) is 17.0 Å². The molecule has 3 aromatic rings. The molecule has 0 atom stereocenters. The van der Waals surface area contributed by atoms with E-state index in [4.69, 9.17) is 0 Å². The fourth-order valence-corrected chi connectivity index (χ4v) is 3.00. The van der Waals surface area contributed by atoms with E-state index in [1.807, 2.05) is 60.7 Å². The quantitative estimate of drug-likeness (QED) is 0.691. The summed E-state index contributed by atoms with van der Waals surface area (Å²) in [6, 6.07) is 19.3. The molecule has 5 nitrogen and oxygen atoms in total. The number of amides is 1. The van der Waals surface area contributed by atoms with Crippen LogP contribution in [0.15, 0.2) is 76.9 Å². The zero-order valence-corrected chi connectivity index (χ0v) is 13.4. The Morgan fingerprint density at radius 2 is 1.67 bits per heavy atom. The Balaban J connectivity index is 1.82. The summed E-state index contributed by atoms with van der Waals surface area (Å²) in [7, 11) is 0. The summed E-state index contributed by atoms with van der Waals surface area (Å²) in [6.07, 6.45) is 1.78. The standard InChI is InChI=1S/C18H12N4OS/c23-17-15(11-13-7-3-1-4-8-13)20-16(14-9-5-2-6-10-14)22(17)18-21-19-12-24-18/h1-12H/b15-11+. The zero-order chi connectivity index (χ0) is 16.4. The fraction of sp³-hybridized carbons (Fsp3) is 0. The van der Waals surface area contributed by atoms with E-state index in [1.54, 1.807) is 11.6 Å². The van der Waals surface area contributed by atoms with Crippen LogP contribution in [-0.2, 0) is 4.79 Å². The summed E-state index contributed by atoms with van der Waals surface area (Å²) in [4.78, 5) is 19.0. The minimum Gasteiger partial charge on any atom is -0.266 e. The number of rotatable bonds is 3. The third kappa shape index (κ3) is 2.63. The maximum absolute atomic E-state index is 12.9. The first-order chi connectivity index (χ1) is 11.8. The third-order valence-electron chi connectivity index (χ3n) is 3.54. The highest BCUT2D eigenvalue weighted by Crippen LogP contribution is 2.28. The van der Waals surface area contributed by atoms with Crippen LogP contribution in [0.5, 0.6) is 0 Å². The normalized spacial score (nSPS) is 15.8. The van der Waals surface area contributed by atoms with Crippen molar-refractivity contribution in [1.82, 2.24) is 10.2 Å². The molecule has 2 heterocycles. The third-order valence-corrected chi connectivity index (χ3v) is 4.21. The number of aliphatic imine (C=N–C) groups is 1. The highest BCUT2D eigenvalue weighted by molar-refractivity contribution is 7.13. The summed E-state index contributed by atoms with van der Waals surface area (Å²) in [5.74, 6) is 0.369. The van der Waals surface area contributed by atoms with Crippen molar-refractivity contribution >= 4 is 34.3 Å². The van der Waals surface area contributed by atoms with E-state index < -0.39 is 0 Å². The van der Waals surface area contributed by atoms with Gasteiger partial charge in [-0.3, -0.25) is 4.79 Å². The Morgan fingerprint density at radius 1 is 0.958 bits per heavy atom. The molecule has 0 fully saturated rings. The molecule has 0 unspecified atom stereocenters. The molecule has 0 bridgehead atoms. The van der Waals surface area contributed by atoms with Gasteiger partial charge in [0.05, 0.1) is 0 Å². The predicted molar refractivity (Wildman–Crippen MR) is 94.8 cm³/mol. The molecule has 0 saturated heterocycles. The zero-order valence-electron chi connectivity index (χ0n) is 12.5. The monoisotopic (exact) mass is 332 g/mol. The molecule has 6 heteroatoms. The summed E-state index contributed by atoms with van der Waals surface area (Å²) >= 11 is 1.31. The Labute approximate surface area is 142 Å². The molecule has 4 rings (SSSR count). The van der Waals surface area contributed by atoms with Crippen LogP contribution < -0.4 is 4.90 Å². The number of nitrogens with zero attached hydrogens (tertiary/aromatic N) is 4. The summed E-state index contributed by atoms with van der Waals surface area (Å²) in [5.41, 5.74) is 3.77. The van der Waals surface area contributed by atoms with Gasteiger partial charge in [-0.25, -0.2) is 9.89 Å². The average Bonchev–Trinajstić information content (AvgIpc) is 3.25. The number of carbonyl (C=O) groups excluding carboxylic acids is 1. The van der Waals surface area contributed by atoms with Gasteiger partial charge in [0.15, 0.2) is 0 Å². The van der Waals surface area contributed by atoms with Crippen LogP contribution in [0, 0.1) is 0 Å². The van der Waals surface area contributed by atoms with Crippen LogP contribution >= 0.6 is 11.3 Å². The summed E-state index contributed by atoms with van der Waals surface area (Å²) in [5, 5.41) is 8.38. The van der Waals surface area contributed by atoms with E-state index in [9.17, 15) is 4.79 Å². The van der Waals surface area contributed by atoms with E-state index in [1.165, 1.54) is 16.2 Å². The summed E-state index contributed by atoms with van der Waals surface area (Å²) < 4.78 is 0. The fourth-order valence-electron chi connectivity index (χ4n) is 2.45. The van der Waals surface area contributed by atoms with Gasteiger partial charge >= 0.3 is 0 Å². The van der Waals surface area contributed by atoms with Gasteiger partial charge in [0.2, 0.25) is 5.13 Å². The van der Waals surface area contributed by atoms with Crippen molar-refractivity contribution in [2.75, 3.05) is 4.90 Å². The topological polar surface area (TPSA) is 58.5 Å². The van der Waals surface area contributed by atoms with Gasteiger partial charge in [0, 0.05) is 5.56 Å². The first-order valence-corrected chi connectivity index (χ1v) is 8.22. The second kappa shape index (κ2) is 6.17. The van der Waals surface area contributed by atoms with Crippen molar-refractivity contribution in [3.63, 3.8) is 0 Å². The van der Waals surface area contributed by atoms with Gasteiger partial charge in [-0.2, -0.15) is 0 Å². The maximum atomic E-state index is 12.9. The number of carbonyl (C=O) groups is 1. The number of anilines is 1. The van der Waals surface area contributed by atoms with E-state index in [-0.39, 0.29) is 5.91 Å². The molecule has 1 aliphatic rings. The van der Waals surface area contributed by atoms with Gasteiger partial charge in [-0.15, -0.1) is 10.2 Å². The lowest BCUT2D eigenvalue weighted by Gasteiger charge is -2.14. The first kappa shape index (κ1) is 14.5. The maximum Gasteiger partial charge on any atom is 0.284 e. The molecule has 0 saturated carbocycles. The second-order valence-electron chi connectivity index (χ2n) is 5.10. The SMILES string of the molecule is O=C1/C(=C\c2ccccc2)N=C(c2ccccc2)N1c1nncs1. The van der Waals surface area contributed by atoms with Crippen molar-refractivity contribution in [1.29, 1.82) is 0 Å². The van der Waals surface area contributed by atoms with Gasteiger partial charge in [0.25, 0.3) is 5.91 Å². The van der Waals surface area contributed by atoms with Crippen molar-refractivity contribution in [2.45, 2.75) is 0 Å². The Morgan fingerprint density at radius 3 is 2.33 bits per heavy atom. The molecule has 1 aliphatic heterocycles. The molecule has 0 spiro atoms. The van der Waals surface area contributed by atoms with E-state index in [0.29, 0.717) is 16.7 Å². The van der Waals surface area contributed by atoms with Crippen molar-refractivity contribution in [3.05, 3.63) is 83.0 Å². The molecular formula is C18H12N4OS. The number of amidine groups is 1. The molecule has 2 aromatic carbocycles. The minimum atomic E-state index is -0.200. The van der Waals surface area contributed by atoms with Gasteiger partial charge in [-0.05, 0) is 11.6 Å². The van der Waals surface area contributed by atoms with Crippen LogP contribution in [-0.4, -0.2) is 21.9 Å². The summed E-state index contributed by atoms with van der Waals surface area (Å²) in [6.45, 7) is 0. The Kier molecular flexibility index (Phi) is 3.72. The van der Waals surface area contributed by atoms with Crippen molar-refractivity contribution in [3.8, 4) is 0 Å². The molecule has 1 amide bonds. The van der Waals surface area contributed by atoms with E-state index in [0.717, 1.165) is 11.1 Å². The van der Waals surface area contributed by atoms with Crippen LogP contribution in [0.2, 0.25) is 0 Å². The predicted octanol–water partition coefficient (Wildman–Crippen LogP) is 3.37. The smallest absolute Gasteiger partial charge is 0.266 e. The van der Waals surface area contributed by atoms with E-state index >= 15 is 0 Å². The first-order valence-electron chi connectivity index (χ1n) is 7.34. The van der Waals surface area contributed by atoms with E-state index in [2.05, 4.69) is 15.2 Å². The minimum absolute atomic E-state index is 0.200. The van der Waals surface area contributed by atoms with Crippen molar-refractivity contribution < 1.29 is 4.79 Å². The molecule has 0 radical (unpaired) electrons. The molecular weight excluding hydrogens is 320 g/mol. The van der Waals surface area contributed by atoms with Crippen LogP contribution in [0.4, 0.5) is 5.13 Å². The number of aromatic nitrogens is 2. The second-order valence-corrected chi connectivity index (χ2v) is 5.92. The highest BCUT2D eigenvalue weighted by Gasteiger charge is 2.34. The van der Waals surface area contributed by atoms with Crippen LogP contribution in [0.3, 0.4) is 0 Å². The number of benzene rings is 2. The Bertz CT molecular complexity index is 918. The van der Waals surface area contributed by atoms with Crippen molar-refractivity contribution in [2.24, 2.45) is 4.99 Å². The Hall–Kier alpha value is -3.12. The lowest BCUT2D eigenvalue weighted by Crippen LogP contribution is -2.32. The molecule has 0 N–H and O–H groups in total. The lowest BCUT2D eigenvalue weighted by atomic mass is 10.2. The molecule has 24 heavy (non-hydrogen) atoms. The average molecular weight is 332 g/mol. The van der Waals surface area contributed by atoms with Gasteiger partial charge in [-0.1, -0.05) is 72.0 Å². The molecule has 0 aliphatic carbocycles. The highest BCUT2D eigenvalue weighted by atomic mass is 32.1. The van der Waals surface area contributed by atoms with Crippen LogP contribution in [0.1, 0.15) is 11.1 Å². The lowest BCUT2D eigenvalue weighted by molar-refractivity contribution is -0.113. The number of hydrogen-bond acceptors (Lipinski definition) is 5. The van der Waals surface area contributed by atoms with Crippen LogP contribution in [0.25, 0.3) is 6.08 Å².